The minimum Gasteiger partial charge on any atom is -0.495 e. The molecule has 0 aliphatic carbocycles. The van der Waals surface area contributed by atoms with Gasteiger partial charge in [-0.15, -0.1) is 0 Å². The molecule has 7 heteroatoms. The molecule has 1 aromatic rings. The molecule has 0 radical (unpaired) electrons. The highest BCUT2D eigenvalue weighted by molar-refractivity contribution is 7.97. The molecule has 0 heterocycles. The minimum atomic E-state index is -4.05. The maximum Gasteiger partial charge on any atom is 0.297 e. The predicted octanol–water partition coefficient (Wildman–Crippen LogP) is 2.80. The van der Waals surface area contributed by atoms with E-state index in [1.807, 2.05) is 0 Å². The van der Waals surface area contributed by atoms with Crippen molar-refractivity contribution in [3.8, 4) is 5.75 Å². The van der Waals surface area contributed by atoms with E-state index in [2.05, 4.69) is 0 Å². The van der Waals surface area contributed by atoms with Crippen LogP contribution in [0.5, 0.6) is 5.75 Å². The van der Waals surface area contributed by atoms with Gasteiger partial charge >= 0.3 is 0 Å². The molecule has 1 rings (SSSR count). The lowest BCUT2D eigenvalue weighted by molar-refractivity contribution is 0.402. The molecule has 15 heavy (non-hydrogen) atoms. The molecule has 0 saturated heterocycles. The summed E-state index contributed by atoms with van der Waals surface area (Å²) in [5.74, 6) is 0.142. The van der Waals surface area contributed by atoms with E-state index in [1.54, 1.807) is 6.07 Å². The van der Waals surface area contributed by atoms with Crippen LogP contribution in [0, 0.1) is 0 Å². The van der Waals surface area contributed by atoms with E-state index in [-0.39, 0.29) is 10.6 Å². The first kappa shape index (κ1) is 12.9. The molecule has 0 aromatic heterocycles. The van der Waals surface area contributed by atoms with E-state index >= 15 is 0 Å². The topological polar surface area (TPSA) is 43.4 Å². The van der Waals surface area contributed by atoms with Gasteiger partial charge in [0.1, 0.15) is 10.6 Å². The van der Waals surface area contributed by atoms with Gasteiger partial charge in [-0.05, 0) is 12.1 Å². The van der Waals surface area contributed by atoms with Crippen molar-refractivity contribution in [2.45, 2.75) is 8.02 Å². The Morgan fingerprint density at radius 1 is 1.20 bits per heavy atom. The summed E-state index contributed by atoms with van der Waals surface area (Å²) in [5, 5.41) is 0. The van der Waals surface area contributed by atoms with Gasteiger partial charge in [0.15, 0.2) is 0 Å². The van der Waals surface area contributed by atoms with Crippen LogP contribution >= 0.6 is 34.8 Å². The van der Waals surface area contributed by atoms with Crippen molar-refractivity contribution < 1.29 is 13.2 Å². The van der Waals surface area contributed by atoms with Gasteiger partial charge in [0.2, 0.25) is 9.84 Å². The van der Waals surface area contributed by atoms with Crippen LogP contribution in [0.15, 0.2) is 29.2 Å². The van der Waals surface area contributed by atoms with Gasteiger partial charge in [0.25, 0.3) is 3.12 Å². The van der Waals surface area contributed by atoms with E-state index < -0.39 is 13.0 Å². The average Bonchev–Trinajstić information content (AvgIpc) is 2.16. The number of halogens is 3. The highest BCUT2D eigenvalue weighted by atomic mass is 35.6. The fourth-order valence-corrected chi connectivity index (χ4v) is 2.64. The van der Waals surface area contributed by atoms with Gasteiger partial charge < -0.3 is 4.74 Å². The number of hydrogen-bond acceptors (Lipinski definition) is 3. The predicted molar refractivity (Wildman–Crippen MR) is 60.5 cm³/mol. The summed E-state index contributed by atoms with van der Waals surface area (Å²) >= 11 is 16.1. The Bertz CT molecular complexity index is 450. The molecular formula is C8H7Cl3O3S. The van der Waals surface area contributed by atoms with Crippen LogP contribution < -0.4 is 4.74 Å². The molecule has 0 N–H and O–H groups in total. The Hall–Kier alpha value is -0.160. The number of ether oxygens (including phenoxy) is 1. The molecule has 0 aliphatic heterocycles. The maximum atomic E-state index is 11.8. The summed E-state index contributed by atoms with van der Waals surface area (Å²) in [7, 11) is -2.71. The number of para-hydroxylation sites is 1. The molecule has 0 saturated carbocycles. The van der Waals surface area contributed by atoms with Gasteiger partial charge in [-0.3, -0.25) is 0 Å². The third kappa shape index (κ3) is 2.50. The number of rotatable bonds is 2. The fraction of sp³-hybridized carbons (Fsp3) is 0.250. The van der Waals surface area contributed by atoms with E-state index in [0.29, 0.717) is 0 Å². The third-order valence-corrected chi connectivity index (χ3v) is 5.02. The van der Waals surface area contributed by atoms with Crippen LogP contribution in [0.25, 0.3) is 0 Å². The zero-order chi connectivity index (χ0) is 11.7. The number of hydrogen-bond donors (Lipinski definition) is 0. The van der Waals surface area contributed by atoms with Gasteiger partial charge in [-0.25, -0.2) is 8.42 Å². The Kier molecular flexibility index (Phi) is 3.76. The van der Waals surface area contributed by atoms with Crippen molar-refractivity contribution >= 4 is 44.6 Å². The molecule has 0 amide bonds. The zero-order valence-electron chi connectivity index (χ0n) is 7.58. The second-order valence-electron chi connectivity index (χ2n) is 2.60. The molecule has 0 atom stereocenters. The molecule has 0 unspecified atom stereocenters. The van der Waals surface area contributed by atoms with Gasteiger partial charge in [-0.2, -0.15) is 0 Å². The summed E-state index contributed by atoms with van der Waals surface area (Å²) in [6.07, 6.45) is 0. The smallest absolute Gasteiger partial charge is 0.297 e. The Labute approximate surface area is 103 Å². The van der Waals surface area contributed by atoms with E-state index in [0.717, 1.165) is 0 Å². The monoisotopic (exact) mass is 288 g/mol. The number of methoxy groups -OCH3 is 1. The summed E-state index contributed by atoms with van der Waals surface area (Å²) < 4.78 is 26.0. The molecular weight excluding hydrogens is 283 g/mol. The molecule has 3 nitrogen and oxygen atoms in total. The number of benzene rings is 1. The Morgan fingerprint density at radius 3 is 2.20 bits per heavy atom. The maximum absolute atomic E-state index is 11.8. The normalized spacial score (nSPS) is 12.5. The van der Waals surface area contributed by atoms with Gasteiger partial charge in [0, 0.05) is 0 Å². The molecule has 0 bridgehead atoms. The Balaban J connectivity index is 3.41. The van der Waals surface area contributed by atoms with Crippen molar-refractivity contribution in [2.24, 2.45) is 0 Å². The zero-order valence-corrected chi connectivity index (χ0v) is 10.7. The summed E-state index contributed by atoms with van der Waals surface area (Å²) in [4.78, 5) is -0.146. The minimum absolute atomic E-state index is 0.142. The Morgan fingerprint density at radius 2 is 1.73 bits per heavy atom. The van der Waals surface area contributed by atoms with Gasteiger partial charge in [-0.1, -0.05) is 46.9 Å². The van der Waals surface area contributed by atoms with Crippen LogP contribution in [0.1, 0.15) is 0 Å². The van der Waals surface area contributed by atoms with Crippen molar-refractivity contribution in [2.75, 3.05) is 7.11 Å². The highest BCUT2D eigenvalue weighted by Crippen LogP contribution is 2.40. The number of sulfone groups is 1. The van der Waals surface area contributed by atoms with E-state index in [9.17, 15) is 8.42 Å². The standard InChI is InChI=1S/C8H7Cl3O3S/c1-14-6-4-2-3-5-7(6)15(12,13)8(9,10)11/h2-5H,1H3. The summed E-state index contributed by atoms with van der Waals surface area (Å²) in [6, 6.07) is 5.93. The molecule has 84 valence electrons. The highest BCUT2D eigenvalue weighted by Gasteiger charge is 2.40. The fourth-order valence-electron chi connectivity index (χ4n) is 0.965. The van der Waals surface area contributed by atoms with Crippen molar-refractivity contribution in [3.05, 3.63) is 24.3 Å². The lowest BCUT2D eigenvalue weighted by Gasteiger charge is -2.14. The second-order valence-corrected chi connectivity index (χ2v) is 7.61. The van der Waals surface area contributed by atoms with Crippen molar-refractivity contribution in [1.29, 1.82) is 0 Å². The lowest BCUT2D eigenvalue weighted by Crippen LogP contribution is -2.20. The molecule has 0 fully saturated rings. The van der Waals surface area contributed by atoms with Crippen LogP contribution in [-0.4, -0.2) is 18.7 Å². The quantitative estimate of drug-likeness (QED) is 0.786. The summed E-state index contributed by atoms with van der Waals surface area (Å²) in [6.45, 7) is 0. The average molecular weight is 290 g/mol. The van der Waals surface area contributed by atoms with Crippen molar-refractivity contribution in [3.63, 3.8) is 0 Å². The SMILES string of the molecule is COc1ccccc1S(=O)(=O)C(Cl)(Cl)Cl. The van der Waals surface area contributed by atoms with Crippen LogP contribution in [0.3, 0.4) is 0 Å². The first-order valence-corrected chi connectivity index (χ1v) is 6.37. The largest absolute Gasteiger partial charge is 0.495 e. The lowest BCUT2D eigenvalue weighted by atomic mass is 10.3. The first-order valence-electron chi connectivity index (χ1n) is 3.75. The van der Waals surface area contributed by atoms with Crippen LogP contribution in [0.4, 0.5) is 0 Å². The van der Waals surface area contributed by atoms with E-state index in [1.165, 1.54) is 25.3 Å². The van der Waals surface area contributed by atoms with Crippen LogP contribution in [-0.2, 0) is 9.84 Å². The number of alkyl halides is 3. The summed E-state index contributed by atoms with van der Waals surface area (Å²) in [5.41, 5.74) is 0. The van der Waals surface area contributed by atoms with Gasteiger partial charge in [0.05, 0.1) is 7.11 Å². The second kappa shape index (κ2) is 4.37. The van der Waals surface area contributed by atoms with Crippen molar-refractivity contribution in [1.82, 2.24) is 0 Å². The first-order chi connectivity index (χ1) is 6.80. The molecule has 0 spiro atoms. The van der Waals surface area contributed by atoms with E-state index in [4.69, 9.17) is 39.5 Å². The molecule has 0 aliphatic rings. The van der Waals surface area contributed by atoms with Crippen LogP contribution in [0.2, 0.25) is 0 Å². The third-order valence-electron chi connectivity index (χ3n) is 1.66. The molecule has 1 aromatic carbocycles.